The van der Waals surface area contributed by atoms with Crippen molar-refractivity contribution in [1.82, 2.24) is 10.2 Å². The van der Waals surface area contributed by atoms with Gasteiger partial charge in [0.2, 0.25) is 21.8 Å². The van der Waals surface area contributed by atoms with Gasteiger partial charge in [-0.25, -0.2) is 12.8 Å². The van der Waals surface area contributed by atoms with Crippen molar-refractivity contribution >= 4 is 27.5 Å². The predicted molar refractivity (Wildman–Crippen MR) is 137 cm³/mol. The first-order chi connectivity index (χ1) is 16.6. The Hall–Kier alpha value is -2.94. The quantitative estimate of drug-likeness (QED) is 0.444. The zero-order valence-corrected chi connectivity index (χ0v) is 21.7. The van der Waals surface area contributed by atoms with Crippen LogP contribution >= 0.6 is 0 Å². The van der Waals surface area contributed by atoms with Gasteiger partial charge in [0.05, 0.1) is 11.9 Å². The lowest BCUT2D eigenvalue weighted by molar-refractivity contribution is -0.141. The van der Waals surface area contributed by atoms with Crippen molar-refractivity contribution in [3.8, 4) is 0 Å². The van der Waals surface area contributed by atoms with Crippen molar-refractivity contribution in [2.75, 3.05) is 17.1 Å². The second-order valence-electron chi connectivity index (χ2n) is 8.66. The van der Waals surface area contributed by atoms with Crippen molar-refractivity contribution in [2.24, 2.45) is 0 Å². The molecule has 0 unspecified atom stereocenters. The van der Waals surface area contributed by atoms with Gasteiger partial charge in [0, 0.05) is 25.6 Å². The highest BCUT2D eigenvalue weighted by Gasteiger charge is 2.29. The summed E-state index contributed by atoms with van der Waals surface area (Å²) in [5.74, 6) is -0.878. The maximum atomic E-state index is 13.4. The van der Waals surface area contributed by atoms with E-state index in [0.717, 1.165) is 12.7 Å². The van der Waals surface area contributed by atoms with Crippen LogP contribution < -0.4 is 9.62 Å². The lowest BCUT2D eigenvalue weighted by Crippen LogP contribution is -2.50. The highest BCUT2D eigenvalue weighted by molar-refractivity contribution is 7.92. The molecule has 2 rings (SSSR count). The van der Waals surface area contributed by atoms with Crippen LogP contribution in [0.1, 0.15) is 52.0 Å². The number of halogens is 1. The molecular formula is C26H36FN3O4S. The van der Waals surface area contributed by atoms with E-state index in [0.29, 0.717) is 17.7 Å². The summed E-state index contributed by atoms with van der Waals surface area (Å²) in [7, 11) is -3.53. The summed E-state index contributed by atoms with van der Waals surface area (Å²) in [6.45, 7) is 6.00. The number of nitrogens with one attached hydrogen (secondary N) is 1. The number of hydrogen-bond donors (Lipinski definition) is 1. The third-order valence-electron chi connectivity index (χ3n) is 5.85. The van der Waals surface area contributed by atoms with E-state index in [-0.39, 0.29) is 49.6 Å². The molecule has 0 aliphatic carbocycles. The van der Waals surface area contributed by atoms with E-state index in [4.69, 9.17) is 0 Å². The van der Waals surface area contributed by atoms with Crippen LogP contribution in [0.5, 0.6) is 0 Å². The maximum absolute atomic E-state index is 13.4. The molecule has 2 aromatic rings. The van der Waals surface area contributed by atoms with Gasteiger partial charge in [-0.15, -0.1) is 0 Å². The van der Waals surface area contributed by atoms with Crippen LogP contribution in [-0.4, -0.2) is 50.0 Å². The van der Waals surface area contributed by atoms with E-state index >= 15 is 0 Å². The van der Waals surface area contributed by atoms with Crippen molar-refractivity contribution in [3.05, 3.63) is 66.0 Å². The number of nitrogens with zero attached hydrogens (tertiary/aromatic N) is 2. The van der Waals surface area contributed by atoms with Crippen LogP contribution in [0.15, 0.2) is 54.6 Å². The summed E-state index contributed by atoms with van der Waals surface area (Å²) < 4.78 is 39.3. The van der Waals surface area contributed by atoms with Crippen molar-refractivity contribution < 1.29 is 22.4 Å². The fraction of sp³-hybridized carbons (Fsp3) is 0.462. The molecule has 0 aliphatic rings. The number of rotatable bonds is 13. The van der Waals surface area contributed by atoms with E-state index in [9.17, 15) is 22.4 Å². The van der Waals surface area contributed by atoms with E-state index in [1.54, 1.807) is 42.5 Å². The molecule has 2 aromatic carbocycles. The number of carbonyl (C=O) groups is 2. The van der Waals surface area contributed by atoms with Crippen LogP contribution in [0.2, 0.25) is 0 Å². The molecule has 35 heavy (non-hydrogen) atoms. The molecule has 0 saturated carbocycles. The van der Waals surface area contributed by atoms with Crippen LogP contribution in [0.25, 0.3) is 0 Å². The first-order valence-corrected chi connectivity index (χ1v) is 13.8. The van der Waals surface area contributed by atoms with Crippen molar-refractivity contribution in [1.29, 1.82) is 0 Å². The first-order valence-electron chi connectivity index (χ1n) is 11.9. The minimum absolute atomic E-state index is 0.0338. The predicted octanol–water partition coefficient (Wildman–Crippen LogP) is 4.09. The smallest absolute Gasteiger partial charge is 0.243 e. The number of benzene rings is 2. The Labute approximate surface area is 208 Å². The van der Waals surface area contributed by atoms with E-state index in [1.807, 2.05) is 20.8 Å². The second-order valence-corrected chi connectivity index (χ2v) is 10.6. The molecule has 1 N–H and O–H groups in total. The number of sulfonamides is 1. The second kappa shape index (κ2) is 13.2. The fourth-order valence-electron chi connectivity index (χ4n) is 3.75. The Kier molecular flexibility index (Phi) is 10.7. The average Bonchev–Trinajstić information content (AvgIpc) is 2.82. The average molecular weight is 506 g/mol. The minimum Gasteiger partial charge on any atom is -0.352 e. The lowest BCUT2D eigenvalue weighted by Gasteiger charge is -2.32. The Morgan fingerprint density at radius 1 is 1.00 bits per heavy atom. The van der Waals surface area contributed by atoms with E-state index in [1.165, 1.54) is 21.3 Å². The molecule has 0 aromatic heterocycles. The molecule has 2 atom stereocenters. The highest BCUT2D eigenvalue weighted by atomic mass is 32.2. The Balaban J connectivity index is 2.20. The number of para-hydroxylation sites is 1. The molecule has 2 amide bonds. The monoisotopic (exact) mass is 505 g/mol. The van der Waals surface area contributed by atoms with Gasteiger partial charge in [-0.3, -0.25) is 13.9 Å². The Bertz CT molecular complexity index is 1060. The van der Waals surface area contributed by atoms with Gasteiger partial charge in [-0.2, -0.15) is 0 Å². The maximum Gasteiger partial charge on any atom is 0.243 e. The summed E-state index contributed by atoms with van der Waals surface area (Å²) in [6.07, 6.45) is 2.65. The van der Waals surface area contributed by atoms with Crippen molar-refractivity contribution in [3.63, 3.8) is 0 Å². The third kappa shape index (κ3) is 8.65. The van der Waals surface area contributed by atoms with E-state index < -0.39 is 16.1 Å². The van der Waals surface area contributed by atoms with Crippen LogP contribution in [0.4, 0.5) is 10.1 Å². The zero-order valence-electron chi connectivity index (χ0n) is 20.9. The van der Waals surface area contributed by atoms with E-state index in [2.05, 4.69) is 5.32 Å². The molecule has 0 radical (unpaired) electrons. The standard InChI is InChI=1S/C26H36FN3O4S/c1-5-20(3)28-26(32)24(6-2)29(19-21-14-16-22(27)17-15-21)25(31)13-10-18-30(35(4,33)34)23-11-8-7-9-12-23/h7-9,11-12,14-17,20,24H,5-6,10,13,18-19H2,1-4H3,(H,28,32)/t20-,24-/m0/s1. The van der Waals surface area contributed by atoms with Gasteiger partial charge in [0.25, 0.3) is 0 Å². The molecule has 0 fully saturated rings. The van der Waals surface area contributed by atoms with Gasteiger partial charge < -0.3 is 10.2 Å². The molecular weight excluding hydrogens is 469 g/mol. The number of anilines is 1. The van der Waals surface area contributed by atoms with Crippen LogP contribution in [0.3, 0.4) is 0 Å². The van der Waals surface area contributed by atoms with Gasteiger partial charge in [0.1, 0.15) is 11.9 Å². The van der Waals surface area contributed by atoms with Gasteiger partial charge in [0.15, 0.2) is 0 Å². The zero-order chi connectivity index (χ0) is 26.0. The molecule has 0 heterocycles. The number of amides is 2. The van der Waals surface area contributed by atoms with Gasteiger partial charge in [-0.1, -0.05) is 44.2 Å². The van der Waals surface area contributed by atoms with Crippen molar-refractivity contribution in [2.45, 2.75) is 65.1 Å². The van der Waals surface area contributed by atoms with Gasteiger partial charge in [-0.05, 0) is 56.0 Å². The van der Waals surface area contributed by atoms with Crippen LogP contribution in [0, 0.1) is 5.82 Å². The molecule has 0 saturated heterocycles. The Morgan fingerprint density at radius 3 is 2.17 bits per heavy atom. The normalized spacial score (nSPS) is 13.1. The van der Waals surface area contributed by atoms with Gasteiger partial charge >= 0.3 is 0 Å². The highest BCUT2D eigenvalue weighted by Crippen LogP contribution is 2.19. The topological polar surface area (TPSA) is 86.8 Å². The number of hydrogen-bond acceptors (Lipinski definition) is 4. The largest absolute Gasteiger partial charge is 0.352 e. The van der Waals surface area contributed by atoms with Crippen LogP contribution in [-0.2, 0) is 26.2 Å². The summed E-state index contributed by atoms with van der Waals surface area (Å²) in [5, 5.41) is 2.95. The molecule has 0 spiro atoms. The molecule has 192 valence electrons. The summed E-state index contributed by atoms with van der Waals surface area (Å²) in [4.78, 5) is 27.8. The summed E-state index contributed by atoms with van der Waals surface area (Å²) in [5.41, 5.74) is 1.24. The summed E-state index contributed by atoms with van der Waals surface area (Å²) in [6, 6.07) is 13.8. The molecule has 7 nitrogen and oxygen atoms in total. The fourth-order valence-corrected chi connectivity index (χ4v) is 4.71. The minimum atomic E-state index is -3.53. The third-order valence-corrected chi connectivity index (χ3v) is 7.04. The molecule has 0 bridgehead atoms. The lowest BCUT2D eigenvalue weighted by atomic mass is 10.1. The summed E-state index contributed by atoms with van der Waals surface area (Å²) >= 11 is 0. The molecule has 9 heteroatoms. The molecule has 0 aliphatic heterocycles. The first kappa shape index (κ1) is 28.3. The Morgan fingerprint density at radius 2 is 1.63 bits per heavy atom. The SMILES string of the molecule is CC[C@H](C)NC(=O)[C@H](CC)N(Cc1ccc(F)cc1)C(=O)CCCN(c1ccccc1)S(C)(=O)=O. The number of carbonyl (C=O) groups excluding carboxylic acids is 2.